The standard InChI is InChI=1S/C15H12FNO3S/c16-11-5-3-10(4-6-11)15(12-2-1-9-21-12)17-13(18)7-8-14(19)20/h1-9,15H,(H,17,18)(H,19,20)/b8-7+. The van der Waals surface area contributed by atoms with E-state index in [1.54, 1.807) is 12.1 Å². The molecule has 0 aliphatic rings. The Hall–Kier alpha value is -2.47. The molecule has 1 heterocycles. The highest BCUT2D eigenvalue weighted by molar-refractivity contribution is 7.10. The molecule has 0 fully saturated rings. The van der Waals surface area contributed by atoms with Crippen LogP contribution in [0.4, 0.5) is 4.39 Å². The van der Waals surface area contributed by atoms with Crippen LogP contribution in [-0.2, 0) is 9.59 Å². The van der Waals surface area contributed by atoms with E-state index in [0.29, 0.717) is 0 Å². The van der Waals surface area contributed by atoms with Crippen LogP contribution < -0.4 is 5.32 Å². The summed E-state index contributed by atoms with van der Waals surface area (Å²) >= 11 is 1.45. The molecule has 4 nitrogen and oxygen atoms in total. The molecule has 108 valence electrons. The van der Waals surface area contributed by atoms with Gasteiger partial charge in [0.2, 0.25) is 5.91 Å². The molecule has 2 N–H and O–H groups in total. The van der Waals surface area contributed by atoms with E-state index in [1.807, 2.05) is 17.5 Å². The van der Waals surface area contributed by atoms with Crippen LogP contribution in [0.5, 0.6) is 0 Å². The number of halogens is 1. The number of aliphatic carboxylic acids is 1. The zero-order valence-electron chi connectivity index (χ0n) is 10.8. The fourth-order valence-corrected chi connectivity index (χ4v) is 2.57. The van der Waals surface area contributed by atoms with Gasteiger partial charge in [-0.05, 0) is 29.1 Å². The predicted molar refractivity (Wildman–Crippen MR) is 77.5 cm³/mol. The van der Waals surface area contributed by atoms with E-state index in [2.05, 4.69) is 5.32 Å². The summed E-state index contributed by atoms with van der Waals surface area (Å²) in [6.07, 6.45) is 1.72. The highest BCUT2D eigenvalue weighted by Gasteiger charge is 2.17. The molecule has 0 saturated carbocycles. The molecule has 6 heteroatoms. The van der Waals surface area contributed by atoms with E-state index in [9.17, 15) is 14.0 Å². The summed E-state index contributed by atoms with van der Waals surface area (Å²) in [6.45, 7) is 0. The van der Waals surface area contributed by atoms with Crippen LogP contribution in [0.1, 0.15) is 16.5 Å². The van der Waals surface area contributed by atoms with E-state index in [4.69, 9.17) is 5.11 Å². The Morgan fingerprint density at radius 1 is 1.19 bits per heavy atom. The Kier molecular flexibility index (Phi) is 4.84. The van der Waals surface area contributed by atoms with Gasteiger partial charge in [-0.25, -0.2) is 9.18 Å². The third kappa shape index (κ3) is 4.25. The number of thiophene rings is 1. The molecule has 1 aromatic carbocycles. The van der Waals surface area contributed by atoms with Crippen LogP contribution in [0.2, 0.25) is 0 Å². The van der Waals surface area contributed by atoms with Crippen molar-refractivity contribution in [2.24, 2.45) is 0 Å². The van der Waals surface area contributed by atoms with Gasteiger partial charge in [0, 0.05) is 17.0 Å². The van der Waals surface area contributed by atoms with Crippen molar-refractivity contribution < 1.29 is 19.1 Å². The van der Waals surface area contributed by atoms with Crippen LogP contribution in [0.15, 0.2) is 53.9 Å². The summed E-state index contributed by atoms with van der Waals surface area (Å²) in [4.78, 5) is 23.1. The fourth-order valence-electron chi connectivity index (χ4n) is 1.77. The molecular weight excluding hydrogens is 293 g/mol. The Balaban J connectivity index is 2.23. The molecule has 0 saturated heterocycles. The second-order valence-electron chi connectivity index (χ2n) is 4.18. The average Bonchev–Trinajstić information content (AvgIpc) is 2.97. The number of carbonyl (C=O) groups excluding carboxylic acids is 1. The van der Waals surface area contributed by atoms with E-state index in [-0.39, 0.29) is 5.82 Å². The summed E-state index contributed by atoms with van der Waals surface area (Å²) in [7, 11) is 0. The number of hydrogen-bond acceptors (Lipinski definition) is 3. The van der Waals surface area contributed by atoms with Gasteiger partial charge in [-0.15, -0.1) is 11.3 Å². The second-order valence-corrected chi connectivity index (χ2v) is 5.16. The number of amides is 1. The lowest BCUT2D eigenvalue weighted by Gasteiger charge is -2.17. The summed E-state index contributed by atoms with van der Waals surface area (Å²) < 4.78 is 13.0. The summed E-state index contributed by atoms with van der Waals surface area (Å²) in [6, 6.07) is 9.04. The monoisotopic (exact) mass is 305 g/mol. The molecule has 2 rings (SSSR count). The van der Waals surface area contributed by atoms with E-state index < -0.39 is 17.9 Å². The third-order valence-electron chi connectivity index (χ3n) is 2.69. The second kappa shape index (κ2) is 6.81. The maximum Gasteiger partial charge on any atom is 0.328 e. The quantitative estimate of drug-likeness (QED) is 0.835. The van der Waals surface area contributed by atoms with E-state index in [1.165, 1.54) is 23.5 Å². The zero-order chi connectivity index (χ0) is 15.2. The summed E-state index contributed by atoms with van der Waals surface area (Å²) in [5.74, 6) is -2.08. The maximum absolute atomic E-state index is 13.0. The van der Waals surface area contributed by atoms with Crippen molar-refractivity contribution in [3.8, 4) is 0 Å². The van der Waals surface area contributed by atoms with E-state index >= 15 is 0 Å². The molecule has 0 aliphatic heterocycles. The smallest absolute Gasteiger partial charge is 0.328 e. The highest BCUT2D eigenvalue weighted by Crippen LogP contribution is 2.26. The van der Waals surface area contributed by atoms with Crippen molar-refractivity contribution in [2.45, 2.75) is 6.04 Å². The van der Waals surface area contributed by atoms with Crippen LogP contribution in [0.25, 0.3) is 0 Å². The summed E-state index contributed by atoms with van der Waals surface area (Å²) in [5, 5.41) is 13.1. The molecule has 1 aromatic heterocycles. The normalized spacial score (nSPS) is 12.2. The molecule has 21 heavy (non-hydrogen) atoms. The lowest BCUT2D eigenvalue weighted by Crippen LogP contribution is -2.27. The number of carboxylic acid groups (broad SMARTS) is 1. The number of nitrogens with one attached hydrogen (secondary N) is 1. The first kappa shape index (κ1) is 14.9. The predicted octanol–water partition coefficient (Wildman–Crippen LogP) is 2.73. The van der Waals surface area contributed by atoms with Crippen molar-refractivity contribution >= 4 is 23.2 Å². The third-order valence-corrected chi connectivity index (χ3v) is 3.63. The maximum atomic E-state index is 13.0. The molecule has 1 amide bonds. The lowest BCUT2D eigenvalue weighted by molar-refractivity contribution is -0.131. The van der Waals surface area contributed by atoms with E-state index in [0.717, 1.165) is 22.6 Å². The molecule has 1 atom stereocenters. The van der Waals surface area contributed by atoms with Crippen LogP contribution in [0.3, 0.4) is 0 Å². The van der Waals surface area contributed by atoms with Gasteiger partial charge in [0.1, 0.15) is 5.82 Å². The van der Waals surface area contributed by atoms with Crippen molar-refractivity contribution in [3.05, 3.63) is 70.2 Å². The Morgan fingerprint density at radius 2 is 1.90 bits per heavy atom. The minimum Gasteiger partial charge on any atom is -0.478 e. The van der Waals surface area contributed by atoms with Crippen molar-refractivity contribution in [1.29, 1.82) is 0 Å². The van der Waals surface area contributed by atoms with Gasteiger partial charge < -0.3 is 10.4 Å². The minimum absolute atomic E-state index is 0.360. The molecule has 0 bridgehead atoms. The van der Waals surface area contributed by atoms with Gasteiger partial charge in [-0.1, -0.05) is 18.2 Å². The highest BCUT2D eigenvalue weighted by atomic mass is 32.1. The van der Waals surface area contributed by atoms with Crippen LogP contribution >= 0.6 is 11.3 Å². The van der Waals surface area contributed by atoms with Gasteiger partial charge in [-0.2, -0.15) is 0 Å². The molecule has 0 spiro atoms. The lowest BCUT2D eigenvalue weighted by atomic mass is 10.1. The molecular formula is C15H12FNO3S. The number of benzene rings is 1. The SMILES string of the molecule is O=C(O)/C=C/C(=O)NC(c1ccc(F)cc1)c1cccs1. The van der Waals surface area contributed by atoms with Crippen molar-refractivity contribution in [3.63, 3.8) is 0 Å². The zero-order valence-corrected chi connectivity index (χ0v) is 11.6. The van der Waals surface area contributed by atoms with Gasteiger partial charge in [0.05, 0.1) is 6.04 Å². The first-order valence-electron chi connectivity index (χ1n) is 6.06. The van der Waals surface area contributed by atoms with Crippen LogP contribution in [0, 0.1) is 5.82 Å². The van der Waals surface area contributed by atoms with Crippen molar-refractivity contribution in [1.82, 2.24) is 5.32 Å². The summed E-state index contributed by atoms with van der Waals surface area (Å²) in [5.41, 5.74) is 0.718. The molecule has 1 unspecified atom stereocenters. The molecule has 0 radical (unpaired) electrons. The first-order chi connectivity index (χ1) is 10.1. The Morgan fingerprint density at radius 3 is 2.48 bits per heavy atom. The van der Waals surface area contributed by atoms with Gasteiger partial charge in [0.25, 0.3) is 0 Å². The molecule has 2 aromatic rings. The Bertz CT molecular complexity index is 650. The van der Waals surface area contributed by atoms with Crippen LogP contribution in [-0.4, -0.2) is 17.0 Å². The average molecular weight is 305 g/mol. The molecule has 0 aliphatic carbocycles. The first-order valence-corrected chi connectivity index (χ1v) is 6.94. The Labute approximate surface area is 124 Å². The number of hydrogen-bond donors (Lipinski definition) is 2. The van der Waals surface area contributed by atoms with Gasteiger partial charge >= 0.3 is 5.97 Å². The van der Waals surface area contributed by atoms with Gasteiger partial charge in [0.15, 0.2) is 0 Å². The van der Waals surface area contributed by atoms with Gasteiger partial charge in [-0.3, -0.25) is 4.79 Å². The number of rotatable bonds is 5. The number of carboxylic acids is 1. The van der Waals surface area contributed by atoms with Crippen molar-refractivity contribution in [2.75, 3.05) is 0 Å². The topological polar surface area (TPSA) is 66.4 Å². The fraction of sp³-hybridized carbons (Fsp3) is 0.0667. The number of carbonyl (C=O) groups is 2. The largest absolute Gasteiger partial charge is 0.478 e. The minimum atomic E-state index is -1.19.